The van der Waals surface area contributed by atoms with Gasteiger partial charge >= 0.3 is 0 Å². The number of hydrogen-bond donors (Lipinski definition) is 1. The molecule has 6 nitrogen and oxygen atoms in total. The summed E-state index contributed by atoms with van der Waals surface area (Å²) in [5.41, 5.74) is 0. The highest BCUT2D eigenvalue weighted by molar-refractivity contribution is 5.77. The lowest BCUT2D eigenvalue weighted by molar-refractivity contribution is -0.122. The van der Waals surface area contributed by atoms with Crippen LogP contribution in [0.2, 0.25) is 0 Å². The Balaban J connectivity index is 1.56. The molecule has 0 aromatic carbocycles. The standard InChI is InChI=1S/C17H18N2O4/c20-17(18-10-14-4-1-7-21-14)13-19(11-15-5-2-8-22-15)12-16-6-3-9-23-16/h1-9H,10-13H2,(H,18,20). The van der Waals surface area contributed by atoms with Gasteiger partial charge in [0.15, 0.2) is 0 Å². The zero-order chi connectivity index (χ0) is 15.9. The summed E-state index contributed by atoms with van der Waals surface area (Å²) in [5, 5.41) is 2.84. The smallest absolute Gasteiger partial charge is 0.234 e. The molecule has 3 heterocycles. The third kappa shape index (κ3) is 4.62. The van der Waals surface area contributed by atoms with Gasteiger partial charge in [0.05, 0.1) is 45.0 Å². The van der Waals surface area contributed by atoms with Gasteiger partial charge in [-0.1, -0.05) is 0 Å². The van der Waals surface area contributed by atoms with Gasteiger partial charge in [0.25, 0.3) is 0 Å². The lowest BCUT2D eigenvalue weighted by atomic mass is 10.3. The Morgan fingerprint density at radius 3 is 1.87 bits per heavy atom. The van der Waals surface area contributed by atoms with Crippen molar-refractivity contribution < 1.29 is 18.0 Å². The zero-order valence-corrected chi connectivity index (χ0v) is 12.6. The quantitative estimate of drug-likeness (QED) is 0.692. The number of nitrogens with one attached hydrogen (secondary N) is 1. The molecule has 0 unspecified atom stereocenters. The Morgan fingerprint density at radius 2 is 1.39 bits per heavy atom. The molecule has 0 spiro atoms. The van der Waals surface area contributed by atoms with E-state index in [4.69, 9.17) is 13.3 Å². The fourth-order valence-corrected chi connectivity index (χ4v) is 2.27. The number of rotatable bonds is 8. The first-order chi connectivity index (χ1) is 11.3. The van der Waals surface area contributed by atoms with E-state index in [1.165, 1.54) is 0 Å². The lowest BCUT2D eigenvalue weighted by Gasteiger charge is -2.19. The fraction of sp³-hybridized carbons (Fsp3) is 0.235. The molecule has 0 aliphatic carbocycles. The van der Waals surface area contributed by atoms with Crippen LogP contribution in [0.15, 0.2) is 68.4 Å². The van der Waals surface area contributed by atoms with Gasteiger partial charge < -0.3 is 18.6 Å². The van der Waals surface area contributed by atoms with Crippen molar-refractivity contribution in [1.29, 1.82) is 0 Å². The van der Waals surface area contributed by atoms with Crippen LogP contribution in [0.4, 0.5) is 0 Å². The van der Waals surface area contributed by atoms with Crippen molar-refractivity contribution in [2.75, 3.05) is 6.54 Å². The van der Waals surface area contributed by atoms with Crippen LogP contribution >= 0.6 is 0 Å². The molecular weight excluding hydrogens is 296 g/mol. The minimum Gasteiger partial charge on any atom is -0.468 e. The van der Waals surface area contributed by atoms with Gasteiger partial charge in [-0.25, -0.2) is 0 Å². The van der Waals surface area contributed by atoms with Gasteiger partial charge in [-0.2, -0.15) is 0 Å². The summed E-state index contributed by atoms with van der Waals surface area (Å²) in [6, 6.07) is 11.0. The van der Waals surface area contributed by atoms with Crippen LogP contribution in [0.1, 0.15) is 17.3 Å². The zero-order valence-electron chi connectivity index (χ0n) is 12.6. The molecule has 0 fully saturated rings. The van der Waals surface area contributed by atoms with E-state index < -0.39 is 0 Å². The number of carbonyl (C=O) groups is 1. The molecule has 3 aromatic rings. The number of carbonyl (C=O) groups excluding carboxylic acids is 1. The molecule has 0 saturated carbocycles. The maximum absolute atomic E-state index is 12.1. The molecule has 0 radical (unpaired) electrons. The summed E-state index contributed by atoms with van der Waals surface area (Å²) in [5.74, 6) is 2.24. The van der Waals surface area contributed by atoms with E-state index in [0.717, 1.165) is 17.3 Å². The second-order valence-corrected chi connectivity index (χ2v) is 5.16. The Hall–Kier alpha value is -2.73. The maximum atomic E-state index is 12.1. The van der Waals surface area contributed by atoms with Crippen LogP contribution < -0.4 is 5.32 Å². The van der Waals surface area contributed by atoms with E-state index in [2.05, 4.69) is 5.32 Å². The van der Waals surface area contributed by atoms with E-state index >= 15 is 0 Å². The fourth-order valence-electron chi connectivity index (χ4n) is 2.27. The minimum atomic E-state index is -0.0838. The third-order valence-corrected chi connectivity index (χ3v) is 3.33. The first-order valence-electron chi connectivity index (χ1n) is 7.36. The van der Waals surface area contributed by atoms with E-state index in [9.17, 15) is 4.79 Å². The predicted octanol–water partition coefficient (Wildman–Crippen LogP) is 2.78. The van der Waals surface area contributed by atoms with E-state index in [0.29, 0.717) is 19.6 Å². The van der Waals surface area contributed by atoms with Crippen LogP contribution in [0.25, 0.3) is 0 Å². The van der Waals surface area contributed by atoms with Crippen molar-refractivity contribution in [3.63, 3.8) is 0 Å². The van der Waals surface area contributed by atoms with Gasteiger partial charge in [-0.3, -0.25) is 9.69 Å². The Bertz CT molecular complexity index is 651. The lowest BCUT2D eigenvalue weighted by Crippen LogP contribution is -2.36. The average Bonchev–Trinajstić information content (AvgIpc) is 3.29. The molecule has 3 rings (SSSR count). The average molecular weight is 314 g/mol. The predicted molar refractivity (Wildman–Crippen MR) is 82.1 cm³/mol. The molecule has 120 valence electrons. The highest BCUT2D eigenvalue weighted by Crippen LogP contribution is 2.11. The molecule has 1 N–H and O–H groups in total. The molecule has 1 amide bonds. The summed E-state index contributed by atoms with van der Waals surface area (Å²) in [4.78, 5) is 14.1. The first-order valence-corrected chi connectivity index (χ1v) is 7.36. The van der Waals surface area contributed by atoms with Crippen LogP contribution in [-0.2, 0) is 24.4 Å². The molecule has 0 aliphatic heterocycles. The van der Waals surface area contributed by atoms with Gasteiger partial charge in [0.1, 0.15) is 17.3 Å². The van der Waals surface area contributed by atoms with Crippen molar-refractivity contribution in [2.45, 2.75) is 19.6 Å². The molecule has 0 saturated heterocycles. The highest BCUT2D eigenvalue weighted by atomic mass is 16.3. The van der Waals surface area contributed by atoms with Gasteiger partial charge in [-0.15, -0.1) is 0 Å². The van der Waals surface area contributed by atoms with Crippen molar-refractivity contribution in [3.8, 4) is 0 Å². The van der Waals surface area contributed by atoms with E-state index in [1.807, 2.05) is 35.2 Å². The number of nitrogens with zero attached hydrogens (tertiary/aromatic N) is 1. The molecule has 0 bridgehead atoms. The molecule has 6 heteroatoms. The van der Waals surface area contributed by atoms with Crippen molar-refractivity contribution in [2.24, 2.45) is 0 Å². The second-order valence-electron chi connectivity index (χ2n) is 5.16. The van der Waals surface area contributed by atoms with Crippen LogP contribution in [-0.4, -0.2) is 17.4 Å². The number of furan rings is 3. The van der Waals surface area contributed by atoms with Crippen molar-refractivity contribution in [1.82, 2.24) is 10.2 Å². The summed E-state index contributed by atoms with van der Waals surface area (Å²) in [7, 11) is 0. The molecule has 3 aromatic heterocycles. The largest absolute Gasteiger partial charge is 0.468 e. The summed E-state index contributed by atoms with van der Waals surface area (Å²) in [6.45, 7) is 1.67. The van der Waals surface area contributed by atoms with Crippen molar-refractivity contribution in [3.05, 3.63) is 72.5 Å². The molecule has 23 heavy (non-hydrogen) atoms. The summed E-state index contributed by atoms with van der Waals surface area (Å²) >= 11 is 0. The van der Waals surface area contributed by atoms with Gasteiger partial charge in [0.2, 0.25) is 5.91 Å². The molecule has 0 aliphatic rings. The number of amides is 1. The van der Waals surface area contributed by atoms with Crippen LogP contribution in [0.3, 0.4) is 0 Å². The maximum Gasteiger partial charge on any atom is 0.234 e. The summed E-state index contributed by atoms with van der Waals surface area (Å²) < 4.78 is 15.9. The monoisotopic (exact) mass is 314 g/mol. The summed E-state index contributed by atoms with van der Waals surface area (Å²) in [6.07, 6.45) is 4.83. The second kappa shape index (κ2) is 7.51. The van der Waals surface area contributed by atoms with Crippen LogP contribution in [0.5, 0.6) is 0 Å². The molecular formula is C17H18N2O4. The normalized spacial score (nSPS) is 11.0. The SMILES string of the molecule is O=C(CN(Cc1ccco1)Cc1ccco1)NCc1ccco1. The van der Waals surface area contributed by atoms with E-state index in [-0.39, 0.29) is 12.5 Å². The van der Waals surface area contributed by atoms with Gasteiger partial charge in [0, 0.05) is 0 Å². The minimum absolute atomic E-state index is 0.0838. The first kappa shape index (κ1) is 15.2. The number of hydrogen-bond acceptors (Lipinski definition) is 5. The van der Waals surface area contributed by atoms with Crippen molar-refractivity contribution >= 4 is 5.91 Å². The highest BCUT2D eigenvalue weighted by Gasteiger charge is 2.14. The Kier molecular flexibility index (Phi) is 4.95. The Morgan fingerprint density at radius 1 is 0.870 bits per heavy atom. The topological polar surface area (TPSA) is 71.8 Å². The third-order valence-electron chi connectivity index (χ3n) is 3.33. The molecule has 0 atom stereocenters. The van der Waals surface area contributed by atoms with Crippen LogP contribution in [0, 0.1) is 0 Å². The Labute approximate surface area is 133 Å². The van der Waals surface area contributed by atoms with Gasteiger partial charge in [-0.05, 0) is 36.4 Å². The van der Waals surface area contributed by atoms with E-state index in [1.54, 1.807) is 24.9 Å².